The number of hydrogen-bond donors (Lipinski definition) is 4. The van der Waals surface area contributed by atoms with Crippen LogP contribution in [0.1, 0.15) is 46.3 Å². The van der Waals surface area contributed by atoms with Crippen LogP contribution in [0.4, 0.5) is 10.5 Å². The van der Waals surface area contributed by atoms with Crippen LogP contribution in [0.5, 0.6) is 0 Å². The molecule has 4 rings (SSSR count). The van der Waals surface area contributed by atoms with Gasteiger partial charge in [0.05, 0.1) is 6.10 Å². The van der Waals surface area contributed by atoms with Crippen LogP contribution in [0.15, 0.2) is 60.7 Å². The van der Waals surface area contributed by atoms with E-state index in [1.807, 2.05) is 38.1 Å². The quantitative estimate of drug-likeness (QED) is 0.407. The summed E-state index contributed by atoms with van der Waals surface area (Å²) in [6.07, 6.45) is -2.44. The van der Waals surface area contributed by atoms with E-state index in [4.69, 9.17) is 10.5 Å². The first-order valence-electron chi connectivity index (χ1n) is 11.2. The summed E-state index contributed by atoms with van der Waals surface area (Å²) in [7, 11) is 0. The molecule has 33 heavy (non-hydrogen) atoms. The highest BCUT2D eigenvalue weighted by Crippen LogP contribution is 2.44. The molecule has 2 atom stereocenters. The molecular weight excluding hydrogens is 416 g/mol. The van der Waals surface area contributed by atoms with Crippen molar-refractivity contribution < 1.29 is 19.7 Å². The number of nitrogen functional groups attached to an aromatic ring is 1. The lowest BCUT2D eigenvalue weighted by Gasteiger charge is -2.20. The lowest BCUT2D eigenvalue weighted by molar-refractivity contribution is 0.0136. The zero-order valence-corrected chi connectivity index (χ0v) is 18.9. The van der Waals surface area contributed by atoms with Crippen LogP contribution < -0.4 is 11.1 Å². The standard InChI is InChI=1S/C27H30N2O4/c1-16-13-18(14-17(2)25(16)28)26(31)24(30)11-12-29-27(32)33-15-23-21-9-5-3-7-19(21)20-8-4-6-10-22(20)23/h3-10,13-14,23-24,26,30-31H,11-12,15,28H2,1-2H3,(H,29,32). The number of nitrogens with one attached hydrogen (secondary N) is 1. The van der Waals surface area contributed by atoms with E-state index in [1.54, 1.807) is 12.1 Å². The molecule has 0 fully saturated rings. The number of aliphatic hydroxyl groups excluding tert-OH is 2. The molecule has 1 aliphatic carbocycles. The Hall–Kier alpha value is -3.35. The first-order valence-corrected chi connectivity index (χ1v) is 11.2. The van der Waals surface area contributed by atoms with Gasteiger partial charge in [-0.15, -0.1) is 0 Å². The summed E-state index contributed by atoms with van der Waals surface area (Å²) >= 11 is 0. The number of anilines is 1. The van der Waals surface area contributed by atoms with Crippen molar-refractivity contribution in [2.45, 2.75) is 38.4 Å². The molecule has 0 saturated carbocycles. The van der Waals surface area contributed by atoms with Crippen LogP contribution in [-0.2, 0) is 4.74 Å². The zero-order chi connectivity index (χ0) is 23.5. The van der Waals surface area contributed by atoms with E-state index in [2.05, 4.69) is 29.6 Å². The smallest absolute Gasteiger partial charge is 0.407 e. The second kappa shape index (κ2) is 9.65. The molecule has 0 aromatic heterocycles. The number of rotatable bonds is 7. The summed E-state index contributed by atoms with van der Waals surface area (Å²) in [5.41, 5.74) is 13.6. The molecule has 5 N–H and O–H groups in total. The fourth-order valence-corrected chi connectivity index (χ4v) is 4.53. The summed E-state index contributed by atoms with van der Waals surface area (Å²) in [6.45, 7) is 4.14. The topological polar surface area (TPSA) is 105 Å². The SMILES string of the molecule is Cc1cc(C(O)C(O)CCNC(=O)OCC2c3ccccc3-c3ccccc32)cc(C)c1N. The number of ether oxygens (including phenoxy) is 1. The predicted octanol–water partition coefficient (Wildman–Crippen LogP) is 4.21. The third-order valence-corrected chi connectivity index (χ3v) is 6.38. The maximum Gasteiger partial charge on any atom is 0.407 e. The second-order valence-corrected chi connectivity index (χ2v) is 8.62. The Kier molecular flexibility index (Phi) is 6.67. The van der Waals surface area contributed by atoms with Crippen LogP contribution in [-0.4, -0.2) is 35.6 Å². The monoisotopic (exact) mass is 446 g/mol. The molecule has 1 aliphatic rings. The van der Waals surface area contributed by atoms with Gasteiger partial charge in [-0.1, -0.05) is 60.7 Å². The molecule has 0 spiro atoms. The minimum absolute atomic E-state index is 0.00689. The second-order valence-electron chi connectivity index (χ2n) is 8.62. The molecule has 172 valence electrons. The van der Waals surface area contributed by atoms with Crippen molar-refractivity contribution in [3.8, 4) is 11.1 Å². The number of nitrogens with two attached hydrogens (primary N) is 1. The van der Waals surface area contributed by atoms with Crippen molar-refractivity contribution in [2.75, 3.05) is 18.9 Å². The van der Waals surface area contributed by atoms with Crippen molar-refractivity contribution in [1.29, 1.82) is 0 Å². The Balaban J connectivity index is 1.29. The maximum absolute atomic E-state index is 12.3. The van der Waals surface area contributed by atoms with E-state index >= 15 is 0 Å². The van der Waals surface area contributed by atoms with E-state index in [9.17, 15) is 15.0 Å². The molecule has 0 bridgehead atoms. The summed E-state index contributed by atoms with van der Waals surface area (Å²) in [4.78, 5) is 12.3. The number of carbonyl (C=O) groups excluding carboxylic acids is 1. The third kappa shape index (κ3) is 4.72. The van der Waals surface area contributed by atoms with Gasteiger partial charge in [0.15, 0.2) is 0 Å². The van der Waals surface area contributed by atoms with Gasteiger partial charge in [0, 0.05) is 18.2 Å². The molecule has 1 amide bonds. The molecule has 0 radical (unpaired) electrons. The van der Waals surface area contributed by atoms with Crippen molar-refractivity contribution in [2.24, 2.45) is 0 Å². The zero-order valence-electron chi connectivity index (χ0n) is 18.9. The predicted molar refractivity (Wildman–Crippen MR) is 129 cm³/mol. The Bertz CT molecular complexity index is 1090. The van der Waals surface area contributed by atoms with Gasteiger partial charge in [0.25, 0.3) is 0 Å². The Morgan fingerprint density at radius 2 is 1.55 bits per heavy atom. The van der Waals surface area contributed by atoms with Gasteiger partial charge < -0.3 is 26.0 Å². The normalized spacial score (nSPS) is 14.3. The van der Waals surface area contributed by atoms with Crippen LogP contribution in [0.25, 0.3) is 11.1 Å². The van der Waals surface area contributed by atoms with Gasteiger partial charge in [-0.3, -0.25) is 0 Å². The Labute approximate surface area is 194 Å². The van der Waals surface area contributed by atoms with Crippen molar-refractivity contribution >= 4 is 11.8 Å². The Morgan fingerprint density at radius 1 is 1.00 bits per heavy atom. The fraction of sp³-hybridized carbons (Fsp3) is 0.296. The maximum atomic E-state index is 12.3. The number of amides is 1. The van der Waals surface area contributed by atoms with E-state index in [-0.39, 0.29) is 25.5 Å². The number of fused-ring (bicyclic) bond motifs is 3. The lowest BCUT2D eigenvalue weighted by Crippen LogP contribution is -2.30. The van der Waals surface area contributed by atoms with Crippen LogP contribution in [0.3, 0.4) is 0 Å². The number of aryl methyl sites for hydroxylation is 2. The number of carbonyl (C=O) groups is 1. The average Bonchev–Trinajstić information content (AvgIpc) is 3.14. The van der Waals surface area contributed by atoms with Gasteiger partial charge in [-0.05, 0) is 59.2 Å². The van der Waals surface area contributed by atoms with Gasteiger partial charge in [-0.2, -0.15) is 0 Å². The number of alkyl carbamates (subject to hydrolysis) is 1. The minimum Gasteiger partial charge on any atom is -0.449 e. The average molecular weight is 447 g/mol. The highest BCUT2D eigenvalue weighted by molar-refractivity contribution is 5.79. The highest BCUT2D eigenvalue weighted by atomic mass is 16.5. The van der Waals surface area contributed by atoms with E-state index in [0.717, 1.165) is 22.3 Å². The van der Waals surface area contributed by atoms with E-state index < -0.39 is 18.3 Å². The fourth-order valence-electron chi connectivity index (χ4n) is 4.53. The van der Waals surface area contributed by atoms with Crippen LogP contribution >= 0.6 is 0 Å². The molecule has 3 aromatic carbocycles. The van der Waals surface area contributed by atoms with Crippen molar-refractivity contribution in [3.63, 3.8) is 0 Å². The molecule has 0 aliphatic heterocycles. The number of hydrogen-bond acceptors (Lipinski definition) is 5. The molecule has 0 heterocycles. The van der Waals surface area contributed by atoms with Gasteiger partial charge in [0.2, 0.25) is 0 Å². The first kappa shape index (κ1) is 22.8. The van der Waals surface area contributed by atoms with Gasteiger partial charge >= 0.3 is 6.09 Å². The van der Waals surface area contributed by atoms with Crippen LogP contribution in [0, 0.1) is 13.8 Å². The number of benzene rings is 3. The molecule has 3 aromatic rings. The van der Waals surface area contributed by atoms with Crippen LogP contribution in [0.2, 0.25) is 0 Å². The molecule has 6 heteroatoms. The molecule has 2 unspecified atom stereocenters. The molecule has 0 saturated heterocycles. The summed E-state index contributed by atoms with van der Waals surface area (Å²) in [5, 5.41) is 23.5. The van der Waals surface area contributed by atoms with Gasteiger partial charge in [0.1, 0.15) is 12.7 Å². The number of aliphatic hydroxyl groups is 2. The summed E-state index contributed by atoms with van der Waals surface area (Å²) in [6, 6.07) is 19.9. The highest BCUT2D eigenvalue weighted by Gasteiger charge is 2.29. The first-order chi connectivity index (χ1) is 15.9. The minimum atomic E-state index is -1.06. The largest absolute Gasteiger partial charge is 0.449 e. The van der Waals surface area contributed by atoms with Crippen molar-refractivity contribution in [1.82, 2.24) is 5.32 Å². The van der Waals surface area contributed by atoms with E-state index in [1.165, 1.54) is 11.1 Å². The lowest BCUT2D eigenvalue weighted by atomic mass is 9.97. The van der Waals surface area contributed by atoms with Crippen molar-refractivity contribution in [3.05, 3.63) is 88.5 Å². The molecule has 6 nitrogen and oxygen atoms in total. The summed E-state index contributed by atoms with van der Waals surface area (Å²) < 4.78 is 5.50. The van der Waals surface area contributed by atoms with E-state index in [0.29, 0.717) is 11.3 Å². The summed E-state index contributed by atoms with van der Waals surface area (Å²) in [5.74, 6) is -0.00689. The van der Waals surface area contributed by atoms with Gasteiger partial charge in [-0.25, -0.2) is 4.79 Å². The molecular formula is C27H30N2O4. The third-order valence-electron chi connectivity index (χ3n) is 6.38. The Morgan fingerprint density at radius 3 is 2.12 bits per heavy atom.